The fraction of sp³-hybridized carbons (Fsp3) is 0.100. The Hall–Kier alpha value is -4.56. The van der Waals surface area contributed by atoms with Gasteiger partial charge in [0.1, 0.15) is 11.5 Å². The maximum absolute atomic E-state index is 12.4. The van der Waals surface area contributed by atoms with Crippen molar-refractivity contribution in [2.24, 2.45) is 5.10 Å². The molecule has 4 aromatic rings. The van der Waals surface area contributed by atoms with E-state index in [0.29, 0.717) is 22.7 Å². The molecule has 0 aromatic heterocycles. The number of methoxy groups -OCH3 is 1. The van der Waals surface area contributed by atoms with Crippen LogP contribution in [0.2, 0.25) is 0 Å². The van der Waals surface area contributed by atoms with Gasteiger partial charge in [0, 0.05) is 16.2 Å². The second kappa shape index (κ2) is 13.7. The van der Waals surface area contributed by atoms with Crippen LogP contribution in [-0.2, 0) is 10.5 Å². The summed E-state index contributed by atoms with van der Waals surface area (Å²) in [6, 6.07) is 31.8. The summed E-state index contributed by atoms with van der Waals surface area (Å²) in [7, 11) is 1.54. The number of nitrogens with zero attached hydrogens (tertiary/aromatic N) is 1. The number of ether oxygens (including phenoxy) is 2. The second-order valence-electron chi connectivity index (χ2n) is 8.10. The highest BCUT2D eigenvalue weighted by atomic mass is 32.2. The van der Waals surface area contributed by atoms with E-state index in [1.807, 2.05) is 42.5 Å². The normalized spacial score (nSPS) is 10.7. The lowest BCUT2D eigenvalue weighted by molar-refractivity contribution is -0.118. The van der Waals surface area contributed by atoms with Gasteiger partial charge in [-0.1, -0.05) is 42.5 Å². The number of hydrazone groups is 1. The fourth-order valence-electron chi connectivity index (χ4n) is 3.40. The molecule has 0 aliphatic heterocycles. The summed E-state index contributed by atoms with van der Waals surface area (Å²) in [5.41, 5.74) is 5.56. The maximum atomic E-state index is 12.4. The summed E-state index contributed by atoms with van der Waals surface area (Å²) >= 11 is 1.75. The first-order chi connectivity index (χ1) is 18.6. The van der Waals surface area contributed by atoms with E-state index in [0.717, 1.165) is 16.9 Å². The van der Waals surface area contributed by atoms with Crippen LogP contribution in [0.25, 0.3) is 0 Å². The van der Waals surface area contributed by atoms with Gasteiger partial charge >= 0.3 is 0 Å². The minimum Gasteiger partial charge on any atom is -0.495 e. The zero-order valence-corrected chi connectivity index (χ0v) is 21.6. The van der Waals surface area contributed by atoms with E-state index in [-0.39, 0.29) is 18.4 Å². The van der Waals surface area contributed by atoms with Crippen LogP contribution in [0.1, 0.15) is 21.5 Å². The van der Waals surface area contributed by atoms with E-state index in [2.05, 4.69) is 28.0 Å². The van der Waals surface area contributed by atoms with Crippen molar-refractivity contribution in [3.05, 3.63) is 120 Å². The fourth-order valence-corrected chi connectivity index (χ4v) is 4.27. The highest BCUT2D eigenvalue weighted by molar-refractivity contribution is 7.98. The molecule has 0 aliphatic rings. The van der Waals surface area contributed by atoms with Crippen molar-refractivity contribution in [2.75, 3.05) is 19.0 Å². The number of hydrogen-bond acceptors (Lipinski definition) is 6. The zero-order valence-electron chi connectivity index (χ0n) is 20.8. The Morgan fingerprint density at radius 2 is 1.58 bits per heavy atom. The highest BCUT2D eigenvalue weighted by Gasteiger charge is 2.08. The Morgan fingerprint density at radius 3 is 2.32 bits per heavy atom. The number of hydrogen-bond donors (Lipinski definition) is 2. The third kappa shape index (κ3) is 7.97. The van der Waals surface area contributed by atoms with Crippen molar-refractivity contribution < 1.29 is 19.1 Å². The molecule has 38 heavy (non-hydrogen) atoms. The van der Waals surface area contributed by atoms with Gasteiger partial charge in [-0.15, -0.1) is 11.8 Å². The van der Waals surface area contributed by atoms with Crippen LogP contribution in [0.5, 0.6) is 11.5 Å². The lowest BCUT2D eigenvalue weighted by Crippen LogP contribution is -2.20. The van der Waals surface area contributed by atoms with Gasteiger partial charge in [-0.25, -0.2) is 5.43 Å². The van der Waals surface area contributed by atoms with Crippen LogP contribution in [0, 0.1) is 0 Å². The van der Waals surface area contributed by atoms with Crippen LogP contribution < -0.4 is 20.2 Å². The number of rotatable bonds is 11. The summed E-state index contributed by atoms with van der Waals surface area (Å²) in [5, 5.41) is 6.80. The van der Waals surface area contributed by atoms with Crippen molar-refractivity contribution in [3.8, 4) is 11.5 Å². The molecule has 0 heterocycles. The van der Waals surface area contributed by atoms with Gasteiger partial charge in [-0.2, -0.15) is 5.10 Å². The number of benzene rings is 4. The van der Waals surface area contributed by atoms with E-state index in [1.165, 1.54) is 4.90 Å². The molecule has 0 bridgehead atoms. The van der Waals surface area contributed by atoms with Gasteiger partial charge in [0.05, 0.1) is 19.0 Å². The quantitative estimate of drug-likeness (QED) is 0.147. The molecular weight excluding hydrogens is 498 g/mol. The molecule has 0 aliphatic carbocycles. The standard InChI is InChI=1S/C30H27N3O4S/c1-36-28-10-6-5-9-27(28)32-29(34)20-37-25-17-13-22(14-18-25)19-31-33-30(35)24-15-11-23(12-16-24)21-38-26-7-3-2-4-8-26/h2-19H,20-21H2,1H3,(H,32,34)(H,33,35)/b31-19-. The zero-order chi connectivity index (χ0) is 26.6. The number of para-hydroxylation sites is 2. The minimum absolute atomic E-state index is 0.148. The number of thioether (sulfide) groups is 1. The molecule has 0 atom stereocenters. The molecule has 2 amide bonds. The average Bonchev–Trinajstić information content (AvgIpc) is 2.96. The van der Waals surface area contributed by atoms with Gasteiger partial charge in [0.15, 0.2) is 6.61 Å². The van der Waals surface area contributed by atoms with Crippen molar-refractivity contribution in [1.82, 2.24) is 5.43 Å². The van der Waals surface area contributed by atoms with E-state index < -0.39 is 0 Å². The second-order valence-corrected chi connectivity index (χ2v) is 9.15. The third-order valence-electron chi connectivity index (χ3n) is 5.38. The molecule has 0 saturated heterocycles. The molecule has 2 N–H and O–H groups in total. The predicted molar refractivity (Wildman–Crippen MR) is 151 cm³/mol. The Balaban J connectivity index is 1.20. The van der Waals surface area contributed by atoms with Crippen LogP contribution in [0.3, 0.4) is 0 Å². The molecule has 0 radical (unpaired) electrons. The predicted octanol–water partition coefficient (Wildman–Crippen LogP) is 5.77. The van der Waals surface area contributed by atoms with Crippen LogP contribution in [-0.4, -0.2) is 31.7 Å². The Morgan fingerprint density at radius 1 is 0.868 bits per heavy atom. The summed E-state index contributed by atoms with van der Waals surface area (Å²) in [5.74, 6) is 1.35. The van der Waals surface area contributed by atoms with Crippen molar-refractivity contribution in [2.45, 2.75) is 10.6 Å². The van der Waals surface area contributed by atoms with Crippen molar-refractivity contribution >= 4 is 35.5 Å². The first-order valence-corrected chi connectivity index (χ1v) is 12.9. The third-order valence-corrected chi connectivity index (χ3v) is 6.46. The summed E-state index contributed by atoms with van der Waals surface area (Å²) in [4.78, 5) is 25.8. The smallest absolute Gasteiger partial charge is 0.271 e. The minimum atomic E-state index is -0.300. The molecule has 7 nitrogen and oxygen atoms in total. The van der Waals surface area contributed by atoms with E-state index in [9.17, 15) is 9.59 Å². The monoisotopic (exact) mass is 525 g/mol. The van der Waals surface area contributed by atoms with Crippen LogP contribution in [0.15, 0.2) is 113 Å². The molecule has 0 fully saturated rings. The lowest BCUT2D eigenvalue weighted by Gasteiger charge is -2.10. The molecule has 192 valence electrons. The number of carbonyl (C=O) groups is 2. The number of amides is 2. The average molecular weight is 526 g/mol. The summed E-state index contributed by atoms with van der Waals surface area (Å²) in [6.45, 7) is -0.148. The van der Waals surface area contributed by atoms with Gasteiger partial charge in [0.2, 0.25) is 0 Å². The van der Waals surface area contributed by atoms with Crippen LogP contribution >= 0.6 is 11.8 Å². The number of anilines is 1. The molecule has 4 aromatic carbocycles. The molecule has 0 unspecified atom stereocenters. The molecule has 8 heteroatoms. The molecular formula is C30H27N3O4S. The Labute approximate surface area is 225 Å². The number of carbonyl (C=O) groups excluding carboxylic acids is 2. The highest BCUT2D eigenvalue weighted by Crippen LogP contribution is 2.23. The molecule has 4 rings (SSSR count). The number of nitrogens with one attached hydrogen (secondary N) is 2. The van der Waals surface area contributed by atoms with E-state index >= 15 is 0 Å². The van der Waals surface area contributed by atoms with Crippen LogP contribution in [0.4, 0.5) is 5.69 Å². The van der Waals surface area contributed by atoms with Gasteiger partial charge in [0.25, 0.3) is 11.8 Å². The topological polar surface area (TPSA) is 89.0 Å². The Bertz CT molecular complexity index is 1380. The first kappa shape index (κ1) is 26.5. The summed E-state index contributed by atoms with van der Waals surface area (Å²) < 4.78 is 10.8. The van der Waals surface area contributed by atoms with E-state index in [4.69, 9.17) is 9.47 Å². The maximum Gasteiger partial charge on any atom is 0.271 e. The Kier molecular flexibility index (Phi) is 9.53. The van der Waals surface area contributed by atoms with Gasteiger partial charge in [-0.3, -0.25) is 9.59 Å². The first-order valence-electron chi connectivity index (χ1n) is 11.9. The molecule has 0 spiro atoms. The lowest BCUT2D eigenvalue weighted by atomic mass is 10.1. The summed E-state index contributed by atoms with van der Waals surface area (Å²) in [6.07, 6.45) is 1.54. The van der Waals surface area contributed by atoms with Crippen molar-refractivity contribution in [1.29, 1.82) is 0 Å². The van der Waals surface area contributed by atoms with E-state index in [1.54, 1.807) is 73.6 Å². The van der Waals surface area contributed by atoms with Gasteiger partial charge < -0.3 is 14.8 Å². The SMILES string of the molecule is COc1ccccc1NC(=O)COc1ccc(/C=N\NC(=O)c2ccc(CSc3ccccc3)cc2)cc1. The van der Waals surface area contributed by atoms with Crippen molar-refractivity contribution in [3.63, 3.8) is 0 Å². The van der Waals surface area contributed by atoms with Gasteiger partial charge in [-0.05, 0) is 71.8 Å². The largest absolute Gasteiger partial charge is 0.495 e. The molecule has 0 saturated carbocycles.